The highest BCUT2D eigenvalue weighted by molar-refractivity contribution is 9.10. The Labute approximate surface area is 177 Å². The van der Waals surface area contributed by atoms with E-state index in [1.54, 1.807) is 31.2 Å². The number of rotatable bonds is 5. The van der Waals surface area contributed by atoms with Crippen LogP contribution in [0.3, 0.4) is 0 Å². The molecule has 0 fully saturated rings. The molecule has 0 aliphatic heterocycles. The molecule has 3 aromatic rings. The summed E-state index contributed by atoms with van der Waals surface area (Å²) in [6.07, 6.45) is 0. The Kier molecular flexibility index (Phi) is 6.29. The molecule has 0 aliphatic rings. The van der Waals surface area contributed by atoms with Crippen LogP contribution in [0, 0.1) is 18.6 Å². The Bertz CT molecular complexity index is 1070. The van der Waals surface area contributed by atoms with Gasteiger partial charge in [0.1, 0.15) is 16.5 Å². The zero-order valence-electron chi connectivity index (χ0n) is 14.9. The van der Waals surface area contributed by atoms with Crippen molar-refractivity contribution >= 4 is 45.1 Å². The SMILES string of the molecule is Cc1nn(-c2ccccc2)c(Cl)c1C(=O)OCC(=O)Nc1c(F)cc(F)cc1Br. The van der Waals surface area contributed by atoms with Crippen molar-refractivity contribution in [2.24, 2.45) is 0 Å². The number of aromatic nitrogens is 2. The number of hydrogen-bond donors (Lipinski definition) is 1. The van der Waals surface area contributed by atoms with Gasteiger partial charge in [-0.25, -0.2) is 18.3 Å². The van der Waals surface area contributed by atoms with Gasteiger partial charge in [0.2, 0.25) is 0 Å². The molecular formula is C19H13BrClF2N3O3. The molecule has 0 unspecified atom stereocenters. The van der Waals surface area contributed by atoms with Gasteiger partial charge in [0.25, 0.3) is 5.91 Å². The molecule has 0 saturated carbocycles. The summed E-state index contributed by atoms with van der Waals surface area (Å²) in [5, 5.41) is 6.47. The van der Waals surface area contributed by atoms with E-state index < -0.39 is 30.1 Å². The normalized spacial score (nSPS) is 10.7. The van der Waals surface area contributed by atoms with Crippen LogP contribution in [0.1, 0.15) is 16.1 Å². The summed E-state index contributed by atoms with van der Waals surface area (Å²) >= 11 is 9.22. The van der Waals surface area contributed by atoms with Crippen molar-refractivity contribution in [3.8, 4) is 5.69 Å². The molecular weight excluding hydrogens is 472 g/mol. The number of carbonyl (C=O) groups excluding carboxylic acids is 2. The van der Waals surface area contributed by atoms with E-state index in [4.69, 9.17) is 16.3 Å². The predicted molar refractivity (Wildman–Crippen MR) is 106 cm³/mol. The van der Waals surface area contributed by atoms with Gasteiger partial charge in [-0.2, -0.15) is 5.10 Å². The second-order valence-corrected chi connectivity index (χ2v) is 7.08. The monoisotopic (exact) mass is 483 g/mol. The van der Waals surface area contributed by atoms with Crippen molar-refractivity contribution in [2.45, 2.75) is 6.92 Å². The summed E-state index contributed by atoms with van der Waals surface area (Å²) in [4.78, 5) is 24.4. The second kappa shape index (κ2) is 8.71. The first-order valence-corrected chi connectivity index (χ1v) is 9.37. The van der Waals surface area contributed by atoms with E-state index in [0.29, 0.717) is 17.4 Å². The number of aryl methyl sites for hydroxylation is 1. The fourth-order valence-corrected chi connectivity index (χ4v) is 3.37. The third-order valence-electron chi connectivity index (χ3n) is 3.81. The first-order chi connectivity index (χ1) is 13.8. The molecule has 10 heteroatoms. The average Bonchev–Trinajstić information content (AvgIpc) is 2.97. The number of amides is 1. The van der Waals surface area contributed by atoms with Crippen molar-refractivity contribution in [3.05, 3.63) is 75.0 Å². The minimum Gasteiger partial charge on any atom is -0.452 e. The standard InChI is InChI=1S/C19H13BrClF2N3O3/c1-10-16(18(21)26(25-10)12-5-3-2-4-6-12)19(28)29-9-15(27)24-17-13(20)7-11(22)8-14(17)23/h2-8H,9H2,1H3,(H,24,27). The van der Waals surface area contributed by atoms with Crippen LogP contribution in [0.5, 0.6) is 0 Å². The van der Waals surface area contributed by atoms with Crippen LogP contribution < -0.4 is 5.32 Å². The Morgan fingerprint density at radius 2 is 1.93 bits per heavy atom. The number of ether oxygens (including phenoxy) is 1. The number of hydrogen-bond acceptors (Lipinski definition) is 4. The molecule has 0 aliphatic carbocycles. The molecule has 150 valence electrons. The molecule has 3 rings (SSSR count). The molecule has 2 aromatic carbocycles. The van der Waals surface area contributed by atoms with Gasteiger partial charge in [0.15, 0.2) is 12.4 Å². The van der Waals surface area contributed by atoms with E-state index in [-0.39, 0.29) is 20.9 Å². The second-order valence-electron chi connectivity index (χ2n) is 5.87. The summed E-state index contributed by atoms with van der Waals surface area (Å²) in [7, 11) is 0. The lowest BCUT2D eigenvalue weighted by Crippen LogP contribution is -2.22. The molecule has 0 radical (unpaired) electrons. The molecule has 0 bridgehead atoms. The maximum atomic E-state index is 13.8. The third kappa shape index (κ3) is 4.63. The molecule has 1 heterocycles. The molecule has 0 spiro atoms. The Morgan fingerprint density at radius 1 is 1.24 bits per heavy atom. The first-order valence-electron chi connectivity index (χ1n) is 8.20. The number of nitrogens with zero attached hydrogens (tertiary/aromatic N) is 2. The predicted octanol–water partition coefficient (Wildman–Crippen LogP) is 4.67. The maximum absolute atomic E-state index is 13.8. The van der Waals surface area contributed by atoms with Crippen molar-refractivity contribution in [3.63, 3.8) is 0 Å². The van der Waals surface area contributed by atoms with E-state index in [2.05, 4.69) is 26.3 Å². The van der Waals surface area contributed by atoms with Crippen molar-refractivity contribution in [1.82, 2.24) is 9.78 Å². The lowest BCUT2D eigenvalue weighted by Gasteiger charge is -2.09. The van der Waals surface area contributed by atoms with E-state index in [0.717, 1.165) is 6.07 Å². The van der Waals surface area contributed by atoms with E-state index in [9.17, 15) is 18.4 Å². The summed E-state index contributed by atoms with van der Waals surface area (Å²) in [6.45, 7) is 0.876. The van der Waals surface area contributed by atoms with Crippen molar-refractivity contribution in [2.75, 3.05) is 11.9 Å². The molecule has 1 aromatic heterocycles. The van der Waals surface area contributed by atoms with Gasteiger partial charge in [-0.05, 0) is 41.1 Å². The zero-order chi connectivity index (χ0) is 21.1. The highest BCUT2D eigenvalue weighted by Crippen LogP contribution is 2.27. The van der Waals surface area contributed by atoms with Gasteiger partial charge < -0.3 is 10.1 Å². The van der Waals surface area contributed by atoms with Crippen LogP contribution >= 0.6 is 27.5 Å². The van der Waals surface area contributed by atoms with Gasteiger partial charge in [-0.15, -0.1) is 0 Å². The maximum Gasteiger partial charge on any atom is 0.343 e. The van der Waals surface area contributed by atoms with Gasteiger partial charge in [-0.1, -0.05) is 29.8 Å². The van der Waals surface area contributed by atoms with Gasteiger partial charge >= 0.3 is 5.97 Å². The largest absolute Gasteiger partial charge is 0.452 e. The highest BCUT2D eigenvalue weighted by Gasteiger charge is 2.23. The molecule has 0 saturated heterocycles. The number of anilines is 1. The van der Waals surface area contributed by atoms with Gasteiger partial charge in [-0.3, -0.25) is 4.79 Å². The van der Waals surface area contributed by atoms with Crippen LogP contribution in [-0.4, -0.2) is 28.3 Å². The minimum absolute atomic E-state index is 0.0115. The Balaban J connectivity index is 1.70. The smallest absolute Gasteiger partial charge is 0.343 e. The Morgan fingerprint density at radius 3 is 2.59 bits per heavy atom. The van der Waals surface area contributed by atoms with E-state index >= 15 is 0 Å². The topological polar surface area (TPSA) is 73.2 Å². The van der Waals surface area contributed by atoms with Crippen LogP contribution in [0.25, 0.3) is 5.69 Å². The third-order valence-corrected chi connectivity index (χ3v) is 4.79. The highest BCUT2D eigenvalue weighted by atomic mass is 79.9. The van der Waals surface area contributed by atoms with Crippen molar-refractivity contribution in [1.29, 1.82) is 0 Å². The number of benzene rings is 2. The number of halogens is 4. The van der Waals surface area contributed by atoms with Crippen LogP contribution in [-0.2, 0) is 9.53 Å². The van der Waals surface area contributed by atoms with Crippen LogP contribution in [0.2, 0.25) is 5.15 Å². The summed E-state index contributed by atoms with van der Waals surface area (Å²) in [5.41, 5.74) is 0.710. The molecule has 1 N–H and O–H groups in total. The van der Waals surface area contributed by atoms with E-state index in [1.165, 1.54) is 4.68 Å². The minimum atomic E-state index is -0.973. The molecule has 1 amide bonds. The fraction of sp³-hybridized carbons (Fsp3) is 0.105. The van der Waals surface area contributed by atoms with Crippen LogP contribution in [0.4, 0.5) is 14.5 Å². The number of carbonyl (C=O) groups is 2. The lowest BCUT2D eigenvalue weighted by atomic mass is 10.2. The quantitative estimate of drug-likeness (QED) is 0.534. The van der Waals surface area contributed by atoms with Gasteiger partial charge in [0, 0.05) is 10.5 Å². The summed E-state index contributed by atoms with van der Waals surface area (Å²) in [6, 6.07) is 10.5. The average molecular weight is 485 g/mol. The first kappa shape index (κ1) is 20.9. The fourth-order valence-electron chi connectivity index (χ4n) is 2.51. The number of esters is 1. The lowest BCUT2D eigenvalue weighted by molar-refractivity contribution is -0.119. The Hall–Kier alpha value is -2.78. The summed E-state index contributed by atoms with van der Waals surface area (Å²) < 4.78 is 33.3. The zero-order valence-corrected chi connectivity index (χ0v) is 17.2. The molecule has 29 heavy (non-hydrogen) atoms. The van der Waals surface area contributed by atoms with E-state index in [1.807, 2.05) is 6.07 Å². The van der Waals surface area contributed by atoms with Gasteiger partial charge in [0.05, 0.1) is 17.1 Å². The van der Waals surface area contributed by atoms with Crippen LogP contribution in [0.15, 0.2) is 46.9 Å². The number of para-hydroxylation sites is 1. The summed E-state index contributed by atoms with van der Waals surface area (Å²) in [5.74, 6) is -3.45. The number of nitrogens with one attached hydrogen (secondary N) is 1. The molecule has 6 nitrogen and oxygen atoms in total. The molecule has 0 atom stereocenters. The van der Waals surface area contributed by atoms with Crippen molar-refractivity contribution < 1.29 is 23.1 Å².